The van der Waals surface area contributed by atoms with Crippen molar-refractivity contribution in [3.8, 4) is 17.0 Å². The number of carboxylic acids is 1. The van der Waals surface area contributed by atoms with Crippen molar-refractivity contribution in [1.29, 1.82) is 0 Å². The largest absolute Gasteiger partial charge is 0.506 e. The van der Waals surface area contributed by atoms with Gasteiger partial charge in [0.05, 0.1) is 5.52 Å². The number of hydrogen-bond acceptors (Lipinski definition) is 4. The van der Waals surface area contributed by atoms with E-state index < -0.39 is 5.97 Å². The third-order valence-corrected chi connectivity index (χ3v) is 2.69. The van der Waals surface area contributed by atoms with E-state index in [-0.39, 0.29) is 11.5 Å². The fourth-order valence-electron chi connectivity index (χ4n) is 1.85. The van der Waals surface area contributed by atoms with Crippen LogP contribution in [0, 0.1) is 0 Å². The molecule has 3 rings (SSSR count). The summed E-state index contributed by atoms with van der Waals surface area (Å²) in [6.45, 7) is 0. The highest BCUT2D eigenvalue weighted by Gasteiger charge is 2.15. The predicted molar refractivity (Wildman–Crippen MR) is 62.4 cm³/mol. The van der Waals surface area contributed by atoms with E-state index in [1.165, 1.54) is 6.07 Å². The van der Waals surface area contributed by atoms with Crippen molar-refractivity contribution in [2.45, 2.75) is 0 Å². The number of fused-ring (bicyclic) bond motifs is 1. The summed E-state index contributed by atoms with van der Waals surface area (Å²) in [4.78, 5) is 13.6. The van der Waals surface area contributed by atoms with Crippen LogP contribution in [0.5, 0.6) is 5.75 Å². The SMILES string of the molecule is O=C(O)c1cc(-c2c[nH]c3c(O)cccc23)no1. The molecular weight excluding hydrogens is 236 g/mol. The quantitative estimate of drug-likeness (QED) is 0.641. The molecule has 90 valence electrons. The Balaban J connectivity index is 2.19. The summed E-state index contributed by atoms with van der Waals surface area (Å²) in [5.74, 6) is -1.27. The topological polar surface area (TPSA) is 99.3 Å². The molecule has 0 unspecified atom stereocenters. The molecule has 3 N–H and O–H groups in total. The molecule has 18 heavy (non-hydrogen) atoms. The highest BCUT2D eigenvalue weighted by Crippen LogP contribution is 2.32. The Labute approximate surface area is 100 Å². The van der Waals surface area contributed by atoms with Gasteiger partial charge in [-0.2, -0.15) is 0 Å². The van der Waals surface area contributed by atoms with Crippen LogP contribution in [0.25, 0.3) is 22.2 Å². The molecule has 3 aromatic rings. The van der Waals surface area contributed by atoms with Crippen molar-refractivity contribution < 1.29 is 19.5 Å². The number of phenolic OH excluding ortho intramolecular Hbond substituents is 1. The van der Waals surface area contributed by atoms with Crippen LogP contribution in [-0.4, -0.2) is 26.3 Å². The number of para-hydroxylation sites is 1. The summed E-state index contributed by atoms with van der Waals surface area (Å²) in [6, 6.07) is 6.41. The Hall–Kier alpha value is -2.76. The molecule has 0 aliphatic carbocycles. The Kier molecular flexibility index (Phi) is 2.09. The molecule has 0 atom stereocenters. The van der Waals surface area contributed by atoms with Crippen LogP contribution in [0.1, 0.15) is 10.6 Å². The van der Waals surface area contributed by atoms with Crippen LogP contribution >= 0.6 is 0 Å². The summed E-state index contributed by atoms with van der Waals surface area (Å²) in [6.07, 6.45) is 1.65. The van der Waals surface area contributed by atoms with Crippen molar-refractivity contribution in [1.82, 2.24) is 10.1 Å². The normalized spacial score (nSPS) is 10.9. The van der Waals surface area contributed by atoms with Gasteiger partial charge >= 0.3 is 5.97 Å². The standard InChI is InChI=1S/C12H8N2O4/c15-9-3-1-2-6-7(5-13-11(6)9)8-4-10(12(16)17)18-14-8/h1-5,13,15H,(H,16,17). The van der Waals surface area contributed by atoms with E-state index in [9.17, 15) is 9.90 Å². The minimum absolute atomic E-state index is 0.126. The van der Waals surface area contributed by atoms with Crippen LogP contribution in [-0.2, 0) is 0 Å². The van der Waals surface area contributed by atoms with Gasteiger partial charge < -0.3 is 19.7 Å². The lowest BCUT2D eigenvalue weighted by Crippen LogP contribution is -1.91. The Bertz CT molecular complexity index is 741. The zero-order chi connectivity index (χ0) is 12.7. The van der Waals surface area contributed by atoms with Crippen molar-refractivity contribution in [3.05, 3.63) is 36.2 Å². The molecule has 1 aromatic carbocycles. The number of rotatable bonds is 2. The smallest absolute Gasteiger partial charge is 0.374 e. The van der Waals surface area contributed by atoms with E-state index in [0.29, 0.717) is 16.8 Å². The number of H-pyrrole nitrogens is 1. The first-order valence-electron chi connectivity index (χ1n) is 5.16. The molecule has 0 aliphatic heterocycles. The summed E-state index contributed by atoms with van der Waals surface area (Å²) in [5.41, 5.74) is 1.66. The predicted octanol–water partition coefficient (Wildman–Crippen LogP) is 2.23. The molecular formula is C12H8N2O4. The Morgan fingerprint density at radius 2 is 2.22 bits per heavy atom. The first kappa shape index (κ1) is 10.4. The van der Waals surface area contributed by atoms with E-state index in [1.807, 2.05) is 0 Å². The van der Waals surface area contributed by atoms with Crippen LogP contribution in [0.4, 0.5) is 0 Å². The second-order valence-electron chi connectivity index (χ2n) is 3.78. The van der Waals surface area contributed by atoms with Gasteiger partial charge in [0, 0.05) is 23.2 Å². The average Bonchev–Trinajstić information content (AvgIpc) is 2.94. The van der Waals surface area contributed by atoms with Crippen molar-refractivity contribution in [3.63, 3.8) is 0 Å². The van der Waals surface area contributed by atoms with Crippen molar-refractivity contribution in [2.75, 3.05) is 0 Å². The van der Waals surface area contributed by atoms with Gasteiger partial charge in [0.25, 0.3) is 0 Å². The maximum atomic E-state index is 10.7. The fraction of sp³-hybridized carbons (Fsp3) is 0. The molecule has 0 fully saturated rings. The van der Waals surface area contributed by atoms with Crippen LogP contribution < -0.4 is 0 Å². The molecule has 0 amide bonds. The molecule has 0 saturated carbocycles. The molecule has 0 saturated heterocycles. The van der Waals surface area contributed by atoms with E-state index >= 15 is 0 Å². The fourth-order valence-corrected chi connectivity index (χ4v) is 1.85. The lowest BCUT2D eigenvalue weighted by Gasteiger charge is -1.95. The highest BCUT2D eigenvalue weighted by atomic mass is 16.5. The van der Waals surface area contributed by atoms with Crippen LogP contribution in [0.3, 0.4) is 0 Å². The molecule has 0 bridgehead atoms. The van der Waals surface area contributed by atoms with Gasteiger partial charge in [-0.05, 0) is 6.07 Å². The Morgan fingerprint density at radius 1 is 1.39 bits per heavy atom. The van der Waals surface area contributed by atoms with E-state index in [1.54, 1.807) is 24.4 Å². The lowest BCUT2D eigenvalue weighted by molar-refractivity contribution is 0.0652. The van der Waals surface area contributed by atoms with Gasteiger partial charge in [-0.1, -0.05) is 17.3 Å². The number of aromatic hydroxyl groups is 1. The zero-order valence-electron chi connectivity index (χ0n) is 9.04. The summed E-state index contributed by atoms with van der Waals surface area (Å²) in [7, 11) is 0. The van der Waals surface area contributed by atoms with Gasteiger partial charge in [-0.25, -0.2) is 4.79 Å². The first-order valence-corrected chi connectivity index (χ1v) is 5.16. The van der Waals surface area contributed by atoms with Crippen molar-refractivity contribution >= 4 is 16.9 Å². The van der Waals surface area contributed by atoms with Gasteiger partial charge in [0.15, 0.2) is 0 Å². The van der Waals surface area contributed by atoms with Crippen LogP contribution in [0.2, 0.25) is 0 Å². The molecule has 0 spiro atoms. The van der Waals surface area contributed by atoms with Crippen LogP contribution in [0.15, 0.2) is 35.0 Å². The molecule has 6 heteroatoms. The van der Waals surface area contributed by atoms with Gasteiger partial charge in [0.1, 0.15) is 11.4 Å². The average molecular weight is 244 g/mol. The number of phenols is 1. The third-order valence-electron chi connectivity index (χ3n) is 2.69. The second-order valence-corrected chi connectivity index (χ2v) is 3.78. The minimum Gasteiger partial charge on any atom is -0.506 e. The molecule has 0 radical (unpaired) electrons. The Morgan fingerprint density at radius 3 is 2.94 bits per heavy atom. The number of benzene rings is 1. The molecule has 6 nitrogen and oxygen atoms in total. The van der Waals surface area contributed by atoms with Crippen molar-refractivity contribution in [2.24, 2.45) is 0 Å². The number of aromatic carboxylic acids is 1. The monoisotopic (exact) mass is 244 g/mol. The maximum absolute atomic E-state index is 10.7. The number of aromatic amines is 1. The molecule has 0 aliphatic rings. The third kappa shape index (κ3) is 1.43. The number of nitrogens with one attached hydrogen (secondary N) is 1. The van der Waals surface area contributed by atoms with E-state index in [4.69, 9.17) is 9.63 Å². The number of nitrogens with zero attached hydrogens (tertiary/aromatic N) is 1. The van der Waals surface area contributed by atoms with E-state index in [0.717, 1.165) is 5.39 Å². The molecule has 2 aromatic heterocycles. The number of carboxylic acid groups (broad SMARTS) is 1. The lowest BCUT2D eigenvalue weighted by atomic mass is 10.1. The minimum atomic E-state index is -1.17. The summed E-state index contributed by atoms with van der Waals surface area (Å²) >= 11 is 0. The number of carbonyl (C=O) groups is 1. The van der Waals surface area contributed by atoms with Gasteiger partial charge in [-0.3, -0.25) is 0 Å². The maximum Gasteiger partial charge on any atom is 0.374 e. The second kappa shape index (κ2) is 3.63. The van der Waals surface area contributed by atoms with Gasteiger partial charge in [0.2, 0.25) is 5.76 Å². The summed E-state index contributed by atoms with van der Waals surface area (Å²) < 4.78 is 4.70. The first-order chi connectivity index (χ1) is 8.66. The van der Waals surface area contributed by atoms with Gasteiger partial charge in [-0.15, -0.1) is 0 Å². The molecule has 2 heterocycles. The number of hydrogen-bond donors (Lipinski definition) is 3. The van der Waals surface area contributed by atoms with E-state index in [2.05, 4.69) is 10.1 Å². The zero-order valence-corrected chi connectivity index (χ0v) is 9.04. The highest BCUT2D eigenvalue weighted by molar-refractivity contribution is 5.98. The number of aromatic nitrogens is 2. The summed E-state index contributed by atoms with van der Waals surface area (Å²) in [5, 5.41) is 22.9.